The zero-order chi connectivity index (χ0) is 27.0. The van der Waals surface area contributed by atoms with Crippen molar-refractivity contribution in [1.29, 1.82) is 0 Å². The van der Waals surface area contributed by atoms with Crippen LogP contribution in [0.15, 0.2) is 30.3 Å². The first-order valence-corrected chi connectivity index (χ1v) is 17.1. The van der Waals surface area contributed by atoms with E-state index in [1.54, 1.807) is 0 Å². The van der Waals surface area contributed by atoms with Crippen molar-refractivity contribution in [2.45, 2.75) is 115 Å². The molecule has 0 heterocycles. The van der Waals surface area contributed by atoms with Gasteiger partial charge in [-0.25, -0.2) is 4.79 Å². The summed E-state index contributed by atoms with van der Waals surface area (Å²) >= 11 is 2.84. The molecule has 0 radical (unpaired) electrons. The normalized spacial score (nSPS) is 13.9. The standard InChI is InChI=1S/C29H49O5PS2/c1-3-5-7-8-9-10-11-12-13-17-23-36-24-18-22-33-29(31,35-32)28(30)34-37-25-27(19-6-4-2)26-20-15-14-16-21-26/h14-16,20-21,27,31H,3-13,17-19,22-25H2,1-2H3. The molecule has 8 heteroatoms. The number of benzene rings is 1. The molecule has 2 atom stereocenters. The molecule has 0 saturated carbocycles. The molecule has 1 aromatic carbocycles. The van der Waals surface area contributed by atoms with Gasteiger partial charge in [0.05, 0.1) is 18.6 Å². The average molecular weight is 573 g/mol. The zero-order valence-electron chi connectivity index (χ0n) is 23.0. The highest BCUT2D eigenvalue weighted by Gasteiger charge is 2.41. The number of hydrogen-bond donors (Lipinski definition) is 1. The second kappa shape index (κ2) is 23.3. The Hall–Kier alpha value is -0.590. The van der Waals surface area contributed by atoms with Gasteiger partial charge in [0.1, 0.15) is 0 Å². The minimum Gasteiger partial charge on any atom is -0.387 e. The average Bonchev–Trinajstić information content (AvgIpc) is 2.92. The fourth-order valence-electron chi connectivity index (χ4n) is 4.04. The van der Waals surface area contributed by atoms with E-state index in [1.165, 1.54) is 69.8 Å². The number of carbonyl (C=O) groups is 1. The van der Waals surface area contributed by atoms with E-state index in [0.717, 1.165) is 42.8 Å². The fourth-order valence-corrected chi connectivity index (χ4v) is 6.11. The van der Waals surface area contributed by atoms with Crippen LogP contribution in [0.3, 0.4) is 0 Å². The van der Waals surface area contributed by atoms with Gasteiger partial charge in [-0.15, -0.1) is 0 Å². The number of carbonyl (C=O) groups excluding carboxylic acids is 1. The minimum atomic E-state index is -2.44. The molecular weight excluding hydrogens is 523 g/mol. The molecule has 0 aliphatic carbocycles. The lowest BCUT2D eigenvalue weighted by molar-refractivity contribution is -0.185. The summed E-state index contributed by atoms with van der Waals surface area (Å²) in [5.74, 6) is 1.78. The molecule has 0 saturated heterocycles. The molecule has 0 fully saturated rings. The third-order valence-electron chi connectivity index (χ3n) is 6.35. The van der Waals surface area contributed by atoms with E-state index in [2.05, 4.69) is 26.0 Å². The molecule has 2 unspecified atom stereocenters. The molecule has 0 aliphatic heterocycles. The molecule has 0 spiro atoms. The van der Waals surface area contributed by atoms with Crippen LogP contribution in [0.4, 0.5) is 0 Å². The number of hydrogen-bond acceptors (Lipinski definition) is 7. The van der Waals surface area contributed by atoms with E-state index < -0.39 is 20.0 Å². The Labute approximate surface area is 236 Å². The van der Waals surface area contributed by atoms with Crippen molar-refractivity contribution in [2.24, 2.45) is 0 Å². The summed E-state index contributed by atoms with van der Waals surface area (Å²) in [4.78, 5) is 12.4. The van der Waals surface area contributed by atoms with Crippen molar-refractivity contribution in [3.63, 3.8) is 0 Å². The summed E-state index contributed by atoms with van der Waals surface area (Å²) in [6.45, 7) is 4.56. The predicted molar refractivity (Wildman–Crippen MR) is 160 cm³/mol. The maximum atomic E-state index is 12.4. The van der Waals surface area contributed by atoms with Crippen molar-refractivity contribution >= 4 is 38.2 Å². The van der Waals surface area contributed by atoms with Gasteiger partial charge >= 0.3 is 11.5 Å². The van der Waals surface area contributed by atoms with Crippen molar-refractivity contribution in [1.82, 2.24) is 0 Å². The second-order valence-corrected chi connectivity index (χ2v) is 12.4. The molecule has 0 aromatic heterocycles. The van der Waals surface area contributed by atoms with Gasteiger partial charge in [0.2, 0.25) is 8.46 Å². The van der Waals surface area contributed by atoms with Gasteiger partial charge in [-0.3, -0.25) is 4.57 Å². The molecule has 5 nitrogen and oxygen atoms in total. The first-order valence-electron chi connectivity index (χ1n) is 14.2. The van der Waals surface area contributed by atoms with E-state index in [4.69, 9.17) is 8.92 Å². The predicted octanol–water partition coefficient (Wildman–Crippen LogP) is 9.15. The summed E-state index contributed by atoms with van der Waals surface area (Å²) in [5.41, 5.74) is -1.25. The Bertz CT molecular complexity index is 694. The maximum Gasteiger partial charge on any atom is 0.391 e. The molecule has 0 bridgehead atoms. The third-order valence-corrected chi connectivity index (χ3v) is 8.87. The van der Waals surface area contributed by atoms with Gasteiger partial charge in [-0.2, -0.15) is 11.8 Å². The van der Waals surface area contributed by atoms with Gasteiger partial charge in [0.25, 0.3) is 0 Å². The van der Waals surface area contributed by atoms with Crippen molar-refractivity contribution in [2.75, 3.05) is 23.9 Å². The van der Waals surface area contributed by atoms with Crippen molar-refractivity contribution in [3.8, 4) is 0 Å². The molecule has 1 aromatic rings. The van der Waals surface area contributed by atoms with Crippen LogP contribution in [0.1, 0.15) is 115 Å². The molecule has 212 valence electrons. The summed E-state index contributed by atoms with van der Waals surface area (Å²) in [7, 11) is -0.807. The Morgan fingerprint density at radius 3 is 2.11 bits per heavy atom. The molecule has 1 rings (SSSR count). The van der Waals surface area contributed by atoms with E-state index >= 15 is 0 Å². The van der Waals surface area contributed by atoms with Crippen LogP contribution in [0, 0.1) is 0 Å². The Kier molecular flexibility index (Phi) is 21.7. The highest BCUT2D eigenvalue weighted by Crippen LogP contribution is 2.30. The van der Waals surface area contributed by atoms with Gasteiger partial charge < -0.3 is 14.0 Å². The molecule has 0 aliphatic rings. The minimum absolute atomic E-state index is 0.152. The van der Waals surface area contributed by atoms with Gasteiger partial charge in [0.15, 0.2) is 0 Å². The van der Waals surface area contributed by atoms with Crippen molar-refractivity contribution < 1.29 is 23.4 Å². The molecule has 1 N–H and O–H groups in total. The summed E-state index contributed by atoms with van der Waals surface area (Å²) in [6, 6.07) is 10.1. The smallest absolute Gasteiger partial charge is 0.387 e. The highest BCUT2D eigenvalue weighted by atomic mass is 32.2. The molecule has 37 heavy (non-hydrogen) atoms. The van der Waals surface area contributed by atoms with E-state index in [0.29, 0.717) is 12.2 Å². The third kappa shape index (κ3) is 16.9. The van der Waals surface area contributed by atoms with Gasteiger partial charge in [-0.1, -0.05) is 115 Å². The molecule has 0 amide bonds. The Morgan fingerprint density at radius 1 is 0.892 bits per heavy atom. The van der Waals surface area contributed by atoms with E-state index in [1.807, 2.05) is 30.0 Å². The summed E-state index contributed by atoms with van der Waals surface area (Å²) in [5, 5.41) is 10.4. The van der Waals surface area contributed by atoms with Gasteiger partial charge in [-0.05, 0) is 42.2 Å². The van der Waals surface area contributed by atoms with Crippen LogP contribution in [0.2, 0.25) is 0 Å². The first-order chi connectivity index (χ1) is 18.1. The largest absolute Gasteiger partial charge is 0.391 e. The molecular formula is C29H49O5PS2. The van der Waals surface area contributed by atoms with E-state index in [-0.39, 0.29) is 12.5 Å². The Morgan fingerprint density at radius 2 is 1.49 bits per heavy atom. The zero-order valence-corrected chi connectivity index (χ0v) is 25.6. The van der Waals surface area contributed by atoms with Crippen LogP contribution < -0.4 is 0 Å². The number of rotatable bonds is 25. The second-order valence-electron chi connectivity index (χ2n) is 9.60. The number of thioether (sulfide) groups is 1. The quantitative estimate of drug-likeness (QED) is 0.0542. The lowest BCUT2D eigenvalue weighted by atomic mass is 9.95. The van der Waals surface area contributed by atoms with Crippen LogP contribution >= 0.6 is 32.3 Å². The lowest BCUT2D eigenvalue weighted by Gasteiger charge is -2.20. The highest BCUT2D eigenvalue weighted by molar-refractivity contribution is 7.99. The van der Waals surface area contributed by atoms with E-state index in [9.17, 15) is 14.5 Å². The first kappa shape index (κ1) is 34.4. The lowest BCUT2D eigenvalue weighted by Crippen LogP contribution is -2.36. The summed E-state index contributed by atoms with van der Waals surface area (Å²) in [6.07, 6.45) is 17.2. The topological polar surface area (TPSA) is 72.8 Å². The Balaban J connectivity index is 2.15. The summed E-state index contributed by atoms with van der Waals surface area (Å²) < 4.78 is 22.0. The van der Waals surface area contributed by atoms with Crippen LogP contribution in [0.5, 0.6) is 0 Å². The van der Waals surface area contributed by atoms with Crippen LogP contribution in [-0.4, -0.2) is 40.5 Å². The van der Waals surface area contributed by atoms with Crippen LogP contribution in [0.25, 0.3) is 0 Å². The SMILES string of the molecule is CCCCCCCCCCCCSCCCOC(O)(P=O)C(=O)OSCC(CCCC)c1ccccc1. The monoisotopic (exact) mass is 572 g/mol. The fraction of sp³-hybridized carbons (Fsp3) is 0.759. The number of ether oxygens (including phenoxy) is 1. The van der Waals surface area contributed by atoms with Gasteiger partial charge in [0, 0.05) is 5.75 Å². The van der Waals surface area contributed by atoms with Crippen molar-refractivity contribution in [3.05, 3.63) is 35.9 Å². The maximum absolute atomic E-state index is 12.4. The van der Waals surface area contributed by atoms with Crippen LogP contribution in [-0.2, 0) is 18.3 Å². The number of unbranched alkanes of at least 4 members (excludes halogenated alkanes) is 10. The number of aliphatic hydroxyl groups is 1.